The highest BCUT2D eigenvalue weighted by Crippen LogP contribution is 1.97. The van der Waals surface area contributed by atoms with Crippen LogP contribution in [-0.4, -0.2) is 7.28 Å². The molecule has 0 aliphatic heterocycles. The molecule has 2 radical (unpaired) electrons. The first kappa shape index (κ1) is 9.79. The minimum absolute atomic E-state index is 1.15. The lowest BCUT2D eigenvalue weighted by Crippen LogP contribution is -2.26. The first-order valence-electron chi connectivity index (χ1n) is 5.01. The second kappa shape index (κ2) is 4.65. The molecule has 0 fully saturated rings. The maximum absolute atomic E-state index is 3.73. The van der Waals surface area contributed by atoms with Crippen molar-refractivity contribution in [1.82, 2.24) is 0 Å². The van der Waals surface area contributed by atoms with E-state index >= 15 is 0 Å². The van der Waals surface area contributed by atoms with E-state index in [-0.39, 0.29) is 0 Å². The van der Waals surface area contributed by atoms with Gasteiger partial charge in [-0.2, -0.15) is 0 Å². The molecule has 1 heteroatoms. The molecule has 0 aromatic heterocycles. The molecular weight excluding hydrogens is 179 g/mol. The smallest absolute Gasteiger partial charge is 0.0265 e. The van der Waals surface area contributed by atoms with Gasteiger partial charge in [-0.25, -0.2) is 0 Å². The molecular formula is C14H12B-. The van der Waals surface area contributed by atoms with Gasteiger partial charge in [0.15, 0.2) is 0 Å². The SMILES string of the molecule is C=Cc1ccc([B-]c2ccccc2)cc1. The third-order valence-electron chi connectivity index (χ3n) is 2.31. The monoisotopic (exact) mass is 191 g/mol. The maximum Gasteiger partial charge on any atom is -0.0265 e. The van der Waals surface area contributed by atoms with Crippen LogP contribution in [0.3, 0.4) is 0 Å². The van der Waals surface area contributed by atoms with Crippen molar-refractivity contribution in [2.75, 3.05) is 0 Å². The molecule has 15 heavy (non-hydrogen) atoms. The molecule has 0 aliphatic carbocycles. The summed E-state index contributed by atoms with van der Waals surface area (Å²) in [5.74, 6) is 0. The van der Waals surface area contributed by atoms with Gasteiger partial charge in [-0.3, -0.25) is 18.2 Å². The summed E-state index contributed by atoms with van der Waals surface area (Å²) in [5, 5.41) is 0. The minimum Gasteiger partial charge on any atom is -0.275 e. The molecule has 72 valence electrons. The summed E-state index contributed by atoms with van der Waals surface area (Å²) in [6.07, 6.45) is 1.85. The molecule has 0 N–H and O–H groups in total. The van der Waals surface area contributed by atoms with Crippen LogP contribution in [0.4, 0.5) is 0 Å². The zero-order valence-corrected chi connectivity index (χ0v) is 8.56. The van der Waals surface area contributed by atoms with E-state index in [9.17, 15) is 0 Å². The zero-order chi connectivity index (χ0) is 10.5. The van der Waals surface area contributed by atoms with E-state index in [1.165, 1.54) is 10.9 Å². The van der Waals surface area contributed by atoms with Gasteiger partial charge >= 0.3 is 0 Å². The Labute approximate surface area is 91.5 Å². The van der Waals surface area contributed by atoms with Crippen LogP contribution in [0.1, 0.15) is 5.56 Å². The fourth-order valence-corrected chi connectivity index (χ4v) is 1.47. The Morgan fingerprint density at radius 1 is 0.800 bits per heavy atom. The van der Waals surface area contributed by atoms with Gasteiger partial charge in [-0.05, 0) is 5.56 Å². The van der Waals surface area contributed by atoms with E-state index in [2.05, 4.69) is 50.3 Å². The van der Waals surface area contributed by atoms with Crippen molar-refractivity contribution >= 4 is 24.3 Å². The van der Waals surface area contributed by atoms with Crippen LogP contribution in [-0.2, 0) is 0 Å². The summed E-state index contributed by atoms with van der Waals surface area (Å²) in [4.78, 5) is 0. The van der Waals surface area contributed by atoms with Crippen molar-refractivity contribution in [3.8, 4) is 0 Å². The second-order valence-electron chi connectivity index (χ2n) is 3.43. The maximum atomic E-state index is 3.73. The van der Waals surface area contributed by atoms with Crippen LogP contribution in [0.2, 0.25) is 0 Å². The van der Waals surface area contributed by atoms with Gasteiger partial charge in [0, 0.05) is 0 Å². The van der Waals surface area contributed by atoms with Crippen molar-refractivity contribution in [3.63, 3.8) is 0 Å². The van der Waals surface area contributed by atoms with Crippen LogP contribution < -0.4 is 10.9 Å². The fraction of sp³-hybridized carbons (Fsp3) is 0. The Kier molecular flexibility index (Phi) is 3.03. The van der Waals surface area contributed by atoms with Gasteiger partial charge in [-0.1, -0.05) is 43.0 Å². The first-order chi connectivity index (χ1) is 7.38. The molecule has 0 heterocycles. The topological polar surface area (TPSA) is 0 Å². The van der Waals surface area contributed by atoms with Crippen LogP contribution >= 0.6 is 0 Å². The largest absolute Gasteiger partial charge is 0.275 e. The van der Waals surface area contributed by atoms with Gasteiger partial charge in [0.05, 0.1) is 0 Å². The normalized spacial score (nSPS) is 9.87. The van der Waals surface area contributed by atoms with Crippen LogP contribution in [0, 0.1) is 0 Å². The second-order valence-corrected chi connectivity index (χ2v) is 3.43. The highest BCUT2D eigenvalue weighted by molar-refractivity contribution is 6.67. The number of hydrogen-bond donors (Lipinski definition) is 0. The Hall–Kier alpha value is -1.76. The van der Waals surface area contributed by atoms with Crippen molar-refractivity contribution in [2.45, 2.75) is 0 Å². The predicted octanol–water partition coefficient (Wildman–Crippen LogP) is 1.98. The van der Waals surface area contributed by atoms with E-state index in [0.29, 0.717) is 0 Å². The van der Waals surface area contributed by atoms with Gasteiger partial charge in [-0.15, -0.1) is 24.3 Å². The standard InChI is InChI=1S/C14H12B/c1-2-12-8-10-14(11-9-12)15-13-6-4-3-5-7-13/h2-11H,1H2/q-1. The van der Waals surface area contributed by atoms with Crippen molar-refractivity contribution < 1.29 is 0 Å². The Bertz CT molecular complexity index is 429. The highest BCUT2D eigenvalue weighted by atomic mass is 13.9. The lowest BCUT2D eigenvalue weighted by molar-refractivity contribution is 1.70. The van der Waals surface area contributed by atoms with Crippen LogP contribution in [0.25, 0.3) is 6.08 Å². The molecule has 0 unspecified atom stereocenters. The van der Waals surface area contributed by atoms with Crippen LogP contribution in [0.15, 0.2) is 61.2 Å². The van der Waals surface area contributed by atoms with Crippen LogP contribution in [0.5, 0.6) is 0 Å². The third-order valence-corrected chi connectivity index (χ3v) is 2.31. The van der Waals surface area contributed by atoms with E-state index in [4.69, 9.17) is 0 Å². The average molecular weight is 191 g/mol. The molecule has 0 aliphatic rings. The third kappa shape index (κ3) is 2.60. The van der Waals surface area contributed by atoms with E-state index < -0.39 is 0 Å². The Morgan fingerprint density at radius 2 is 1.40 bits per heavy atom. The van der Waals surface area contributed by atoms with Crippen molar-refractivity contribution in [1.29, 1.82) is 0 Å². The zero-order valence-electron chi connectivity index (χ0n) is 8.56. The molecule has 0 saturated carbocycles. The predicted molar refractivity (Wildman–Crippen MR) is 68.0 cm³/mol. The summed E-state index contributed by atoms with van der Waals surface area (Å²) in [6, 6.07) is 18.7. The molecule has 2 aromatic rings. The lowest BCUT2D eigenvalue weighted by Gasteiger charge is -2.17. The molecule has 2 rings (SSSR count). The van der Waals surface area contributed by atoms with Crippen molar-refractivity contribution in [3.05, 3.63) is 66.7 Å². The van der Waals surface area contributed by atoms with Gasteiger partial charge in [0.25, 0.3) is 0 Å². The van der Waals surface area contributed by atoms with E-state index in [1.807, 2.05) is 24.3 Å². The van der Waals surface area contributed by atoms with E-state index in [1.54, 1.807) is 0 Å². The van der Waals surface area contributed by atoms with Gasteiger partial charge < -0.3 is 0 Å². The molecule has 0 amide bonds. The summed E-state index contributed by atoms with van der Waals surface area (Å²) in [7, 11) is 2.16. The number of rotatable bonds is 3. The summed E-state index contributed by atoms with van der Waals surface area (Å²) >= 11 is 0. The average Bonchev–Trinajstić information content (AvgIpc) is 2.31. The quantitative estimate of drug-likeness (QED) is 0.650. The first-order valence-corrected chi connectivity index (χ1v) is 5.01. The van der Waals surface area contributed by atoms with E-state index in [0.717, 1.165) is 5.56 Å². The minimum atomic E-state index is 1.15. The lowest BCUT2D eigenvalue weighted by atomic mass is 9.64. The molecule has 0 spiro atoms. The summed E-state index contributed by atoms with van der Waals surface area (Å²) < 4.78 is 0. The van der Waals surface area contributed by atoms with Crippen molar-refractivity contribution in [2.24, 2.45) is 0 Å². The fourth-order valence-electron chi connectivity index (χ4n) is 1.47. The highest BCUT2D eigenvalue weighted by Gasteiger charge is 1.83. The molecule has 2 aromatic carbocycles. The summed E-state index contributed by atoms with van der Waals surface area (Å²) in [6.45, 7) is 3.73. The molecule has 0 saturated heterocycles. The summed E-state index contributed by atoms with van der Waals surface area (Å²) in [5.41, 5.74) is 3.59. The Balaban J connectivity index is 2.15. The molecule has 0 nitrogen and oxygen atoms in total. The Morgan fingerprint density at radius 3 is 2.00 bits per heavy atom. The number of hydrogen-bond acceptors (Lipinski definition) is 0. The molecule has 0 atom stereocenters. The van der Waals surface area contributed by atoms with Gasteiger partial charge in [0.2, 0.25) is 0 Å². The molecule has 0 bridgehead atoms. The number of benzene rings is 2. The van der Waals surface area contributed by atoms with Gasteiger partial charge in [0.1, 0.15) is 0 Å².